The summed E-state index contributed by atoms with van der Waals surface area (Å²) >= 11 is 0. The number of hydrogen-bond acceptors (Lipinski definition) is 5. The average Bonchev–Trinajstić information content (AvgIpc) is 3.24. The molecule has 0 amide bonds. The van der Waals surface area contributed by atoms with Gasteiger partial charge in [-0.25, -0.2) is 0 Å². The second-order valence-corrected chi connectivity index (χ2v) is 8.16. The van der Waals surface area contributed by atoms with Gasteiger partial charge in [-0.05, 0) is 50.6 Å². The van der Waals surface area contributed by atoms with E-state index in [1.807, 2.05) is 0 Å². The van der Waals surface area contributed by atoms with Crippen LogP contribution in [0, 0.1) is 13.8 Å². The minimum atomic E-state index is 0.564. The zero-order valence-corrected chi connectivity index (χ0v) is 17.4. The van der Waals surface area contributed by atoms with Crippen LogP contribution in [0.1, 0.15) is 34.9 Å². The average molecular weight is 381 g/mol. The molecular formula is C23H32N4O. The zero-order valence-electron chi connectivity index (χ0n) is 17.4. The molecule has 2 aromatic rings. The van der Waals surface area contributed by atoms with Gasteiger partial charge in [0.15, 0.2) is 0 Å². The number of nitrogens with zero attached hydrogens (tertiary/aromatic N) is 3. The first-order valence-corrected chi connectivity index (χ1v) is 10.4. The number of aryl methyl sites for hydroxylation is 2. The van der Waals surface area contributed by atoms with E-state index in [1.165, 1.54) is 28.9 Å². The van der Waals surface area contributed by atoms with E-state index in [9.17, 15) is 0 Å². The Bertz CT molecular complexity index is 808. The fourth-order valence-electron chi connectivity index (χ4n) is 4.36. The maximum absolute atomic E-state index is 5.58. The highest BCUT2D eigenvalue weighted by molar-refractivity contribution is 5.49. The highest BCUT2D eigenvalue weighted by atomic mass is 16.5. The molecule has 4 rings (SSSR count). The molecule has 2 aliphatic rings. The molecule has 1 aromatic heterocycles. The molecule has 0 bridgehead atoms. The van der Waals surface area contributed by atoms with Crippen molar-refractivity contribution in [2.24, 2.45) is 0 Å². The van der Waals surface area contributed by atoms with Crippen LogP contribution in [-0.2, 0) is 6.54 Å². The van der Waals surface area contributed by atoms with Gasteiger partial charge in [-0.3, -0.25) is 9.88 Å². The van der Waals surface area contributed by atoms with Crippen LogP contribution in [0.3, 0.4) is 0 Å². The van der Waals surface area contributed by atoms with Crippen molar-refractivity contribution >= 4 is 5.69 Å². The predicted molar refractivity (Wildman–Crippen MR) is 114 cm³/mol. The van der Waals surface area contributed by atoms with Gasteiger partial charge >= 0.3 is 0 Å². The normalized spacial score (nSPS) is 20.5. The topological polar surface area (TPSA) is 40.6 Å². The number of piperazine rings is 1. The minimum Gasteiger partial charge on any atom is -0.496 e. The summed E-state index contributed by atoms with van der Waals surface area (Å²) in [5.41, 5.74) is 6.24. The highest BCUT2D eigenvalue weighted by Crippen LogP contribution is 2.27. The summed E-state index contributed by atoms with van der Waals surface area (Å²) in [6.07, 6.45) is 1.20. The van der Waals surface area contributed by atoms with E-state index < -0.39 is 0 Å². The van der Waals surface area contributed by atoms with E-state index in [2.05, 4.69) is 59.3 Å². The number of rotatable bonds is 5. The van der Waals surface area contributed by atoms with E-state index >= 15 is 0 Å². The number of benzene rings is 1. The number of hydrogen-bond donors (Lipinski definition) is 1. The third kappa shape index (κ3) is 4.31. The van der Waals surface area contributed by atoms with Crippen molar-refractivity contribution in [3.8, 4) is 5.75 Å². The monoisotopic (exact) mass is 380 g/mol. The summed E-state index contributed by atoms with van der Waals surface area (Å²) in [4.78, 5) is 9.86. The molecule has 0 saturated carbocycles. The highest BCUT2D eigenvalue weighted by Gasteiger charge is 2.22. The van der Waals surface area contributed by atoms with Crippen LogP contribution in [0.5, 0.6) is 5.75 Å². The van der Waals surface area contributed by atoms with Gasteiger partial charge in [-0.15, -0.1) is 0 Å². The maximum atomic E-state index is 5.58. The first kappa shape index (κ1) is 19.2. The molecule has 1 aromatic carbocycles. The Kier molecular flexibility index (Phi) is 5.83. The molecule has 0 unspecified atom stereocenters. The Morgan fingerprint density at radius 2 is 1.93 bits per heavy atom. The fraction of sp³-hybridized carbons (Fsp3) is 0.522. The van der Waals surface area contributed by atoms with Crippen LogP contribution in [0.25, 0.3) is 0 Å². The van der Waals surface area contributed by atoms with Crippen LogP contribution in [0.4, 0.5) is 5.69 Å². The summed E-state index contributed by atoms with van der Waals surface area (Å²) in [6, 6.07) is 11.1. The molecule has 0 radical (unpaired) electrons. The van der Waals surface area contributed by atoms with Crippen molar-refractivity contribution in [1.29, 1.82) is 0 Å². The van der Waals surface area contributed by atoms with Gasteiger partial charge in [0.05, 0.1) is 7.11 Å². The number of pyridine rings is 1. The predicted octanol–water partition coefficient (Wildman–Crippen LogP) is 3.11. The molecule has 3 heterocycles. The molecular weight excluding hydrogens is 348 g/mol. The van der Waals surface area contributed by atoms with Gasteiger partial charge in [0, 0.05) is 67.8 Å². The molecule has 150 valence electrons. The number of aromatic nitrogens is 1. The third-order valence-corrected chi connectivity index (χ3v) is 6.01. The number of ether oxygens (including phenoxy) is 1. The van der Waals surface area contributed by atoms with Crippen molar-refractivity contribution in [2.45, 2.75) is 32.7 Å². The largest absolute Gasteiger partial charge is 0.496 e. The van der Waals surface area contributed by atoms with E-state index in [0.717, 1.165) is 57.3 Å². The van der Waals surface area contributed by atoms with Crippen LogP contribution in [-0.4, -0.2) is 56.3 Å². The van der Waals surface area contributed by atoms with Crippen molar-refractivity contribution in [3.05, 3.63) is 52.8 Å². The smallest absolute Gasteiger partial charge is 0.123 e. The lowest BCUT2D eigenvalue weighted by molar-refractivity contribution is 0.246. The molecule has 28 heavy (non-hydrogen) atoms. The summed E-state index contributed by atoms with van der Waals surface area (Å²) in [7, 11) is 1.76. The minimum absolute atomic E-state index is 0.564. The Balaban J connectivity index is 1.40. The fourth-order valence-corrected chi connectivity index (χ4v) is 4.36. The number of methoxy groups -OCH3 is 1. The summed E-state index contributed by atoms with van der Waals surface area (Å²) in [6.45, 7) is 11.6. The van der Waals surface area contributed by atoms with E-state index in [-0.39, 0.29) is 0 Å². The van der Waals surface area contributed by atoms with Gasteiger partial charge in [0.2, 0.25) is 0 Å². The van der Waals surface area contributed by atoms with E-state index in [4.69, 9.17) is 9.72 Å². The van der Waals surface area contributed by atoms with Crippen LogP contribution >= 0.6 is 0 Å². The second kappa shape index (κ2) is 8.50. The standard InChI is InChI=1S/C23H32N4O/c1-17-4-5-20(23(12-17)28-3)16-26-8-10-27(11-9-26)21-13-18(2)25-22(14-21)19-6-7-24-15-19/h4-5,12-14,19,24H,6-11,15-16H2,1-3H3/t19-/m1/s1. The van der Waals surface area contributed by atoms with E-state index in [0.29, 0.717) is 5.92 Å². The summed E-state index contributed by atoms with van der Waals surface area (Å²) in [5, 5.41) is 3.46. The molecule has 5 heteroatoms. The molecule has 1 atom stereocenters. The van der Waals surface area contributed by atoms with Crippen molar-refractivity contribution in [1.82, 2.24) is 15.2 Å². The lowest BCUT2D eigenvalue weighted by atomic mass is 10.0. The quantitative estimate of drug-likeness (QED) is 0.863. The number of anilines is 1. The van der Waals surface area contributed by atoms with Crippen molar-refractivity contribution in [2.75, 3.05) is 51.3 Å². The Morgan fingerprint density at radius 1 is 1.11 bits per heavy atom. The molecule has 2 fully saturated rings. The number of nitrogens with one attached hydrogen (secondary N) is 1. The molecule has 2 saturated heterocycles. The zero-order chi connectivity index (χ0) is 19.5. The maximum Gasteiger partial charge on any atom is 0.123 e. The molecule has 0 spiro atoms. The van der Waals surface area contributed by atoms with Gasteiger partial charge < -0.3 is 15.0 Å². The Labute approximate surface area is 168 Å². The van der Waals surface area contributed by atoms with E-state index in [1.54, 1.807) is 7.11 Å². The van der Waals surface area contributed by atoms with Gasteiger partial charge in [-0.2, -0.15) is 0 Å². The summed E-state index contributed by atoms with van der Waals surface area (Å²) in [5.74, 6) is 1.57. The van der Waals surface area contributed by atoms with Gasteiger partial charge in [0.1, 0.15) is 5.75 Å². The first-order chi connectivity index (χ1) is 13.6. The Morgan fingerprint density at radius 3 is 2.64 bits per heavy atom. The van der Waals surface area contributed by atoms with Gasteiger partial charge in [0.25, 0.3) is 0 Å². The lowest BCUT2D eigenvalue weighted by Crippen LogP contribution is -2.46. The molecule has 1 N–H and O–H groups in total. The molecule has 2 aliphatic heterocycles. The van der Waals surface area contributed by atoms with Gasteiger partial charge in [-0.1, -0.05) is 12.1 Å². The molecule has 0 aliphatic carbocycles. The summed E-state index contributed by atoms with van der Waals surface area (Å²) < 4.78 is 5.58. The lowest BCUT2D eigenvalue weighted by Gasteiger charge is -2.36. The first-order valence-electron chi connectivity index (χ1n) is 10.4. The Hall–Kier alpha value is -2.11. The van der Waals surface area contributed by atoms with Crippen molar-refractivity contribution < 1.29 is 4.74 Å². The van der Waals surface area contributed by atoms with Crippen molar-refractivity contribution in [3.63, 3.8) is 0 Å². The SMILES string of the molecule is COc1cc(C)ccc1CN1CCN(c2cc(C)nc([C@@H]3CCNC3)c2)CC1. The van der Waals surface area contributed by atoms with Crippen LogP contribution < -0.4 is 15.0 Å². The molecule has 5 nitrogen and oxygen atoms in total. The van der Waals surface area contributed by atoms with Crippen LogP contribution in [0.2, 0.25) is 0 Å². The van der Waals surface area contributed by atoms with Crippen LogP contribution in [0.15, 0.2) is 30.3 Å². The second-order valence-electron chi connectivity index (χ2n) is 8.16. The third-order valence-electron chi connectivity index (χ3n) is 6.01.